The SMILES string of the molecule is CN(Cc1ccsc1)c1ccc(C(=N)N)cn1. The Bertz CT molecular complexity index is 490. The molecule has 2 heterocycles. The molecule has 0 spiro atoms. The fourth-order valence-corrected chi connectivity index (χ4v) is 2.17. The number of hydrogen-bond donors (Lipinski definition) is 2. The number of hydrogen-bond acceptors (Lipinski definition) is 4. The van der Waals surface area contributed by atoms with Gasteiger partial charge < -0.3 is 10.6 Å². The first-order valence-electron chi connectivity index (χ1n) is 5.19. The van der Waals surface area contributed by atoms with Gasteiger partial charge in [0.15, 0.2) is 0 Å². The number of thiophene rings is 1. The van der Waals surface area contributed by atoms with E-state index in [4.69, 9.17) is 11.1 Å². The molecule has 0 aliphatic heterocycles. The monoisotopic (exact) mass is 246 g/mol. The minimum Gasteiger partial charge on any atom is -0.384 e. The van der Waals surface area contributed by atoms with Gasteiger partial charge in [-0.3, -0.25) is 5.41 Å². The van der Waals surface area contributed by atoms with Gasteiger partial charge in [-0.1, -0.05) is 0 Å². The van der Waals surface area contributed by atoms with Crippen molar-refractivity contribution in [1.29, 1.82) is 5.41 Å². The number of rotatable bonds is 4. The van der Waals surface area contributed by atoms with Crippen molar-refractivity contribution in [1.82, 2.24) is 4.98 Å². The van der Waals surface area contributed by atoms with Crippen LogP contribution in [0, 0.1) is 5.41 Å². The Kier molecular flexibility index (Phi) is 3.39. The lowest BCUT2D eigenvalue weighted by Crippen LogP contribution is -2.18. The van der Waals surface area contributed by atoms with Crippen molar-refractivity contribution < 1.29 is 0 Å². The quantitative estimate of drug-likeness (QED) is 0.641. The van der Waals surface area contributed by atoms with E-state index >= 15 is 0 Å². The number of anilines is 1. The van der Waals surface area contributed by atoms with E-state index in [0.717, 1.165) is 12.4 Å². The Hall–Kier alpha value is -1.88. The molecule has 0 unspecified atom stereocenters. The first-order valence-corrected chi connectivity index (χ1v) is 6.14. The van der Waals surface area contributed by atoms with Gasteiger partial charge in [0.25, 0.3) is 0 Å². The molecular formula is C12H14N4S. The van der Waals surface area contributed by atoms with Crippen molar-refractivity contribution in [3.63, 3.8) is 0 Å². The first kappa shape index (κ1) is 11.6. The second-order valence-corrected chi connectivity index (χ2v) is 4.59. The first-order chi connectivity index (χ1) is 8.16. The average Bonchev–Trinajstić information content (AvgIpc) is 2.82. The fourth-order valence-electron chi connectivity index (χ4n) is 1.51. The van der Waals surface area contributed by atoms with Crippen LogP contribution in [0.15, 0.2) is 35.2 Å². The molecule has 0 saturated carbocycles. The Balaban J connectivity index is 2.09. The fraction of sp³-hybridized carbons (Fsp3) is 0.167. The number of amidine groups is 1. The highest BCUT2D eigenvalue weighted by atomic mass is 32.1. The Morgan fingerprint density at radius 1 is 1.47 bits per heavy atom. The zero-order chi connectivity index (χ0) is 12.3. The number of nitrogen functional groups attached to an aromatic ring is 1. The molecule has 0 amide bonds. The highest BCUT2D eigenvalue weighted by molar-refractivity contribution is 7.07. The summed E-state index contributed by atoms with van der Waals surface area (Å²) in [7, 11) is 1.99. The van der Waals surface area contributed by atoms with Gasteiger partial charge in [-0.15, -0.1) is 0 Å². The van der Waals surface area contributed by atoms with Crippen molar-refractivity contribution in [3.8, 4) is 0 Å². The topological polar surface area (TPSA) is 66.0 Å². The molecule has 0 bridgehead atoms. The molecule has 3 N–H and O–H groups in total. The summed E-state index contributed by atoms with van der Waals surface area (Å²) in [6.07, 6.45) is 1.63. The van der Waals surface area contributed by atoms with Crippen LogP contribution >= 0.6 is 11.3 Å². The molecule has 2 rings (SSSR count). The predicted octanol–water partition coefficient (Wildman–Crippen LogP) is 2.06. The summed E-state index contributed by atoms with van der Waals surface area (Å²) >= 11 is 1.69. The van der Waals surface area contributed by atoms with Gasteiger partial charge in [0, 0.05) is 25.4 Å². The summed E-state index contributed by atoms with van der Waals surface area (Å²) < 4.78 is 0. The summed E-state index contributed by atoms with van der Waals surface area (Å²) in [5, 5.41) is 11.5. The van der Waals surface area contributed by atoms with Crippen LogP contribution in [0.1, 0.15) is 11.1 Å². The summed E-state index contributed by atoms with van der Waals surface area (Å²) in [6.45, 7) is 0.829. The third-order valence-electron chi connectivity index (χ3n) is 2.45. The Morgan fingerprint density at radius 3 is 2.82 bits per heavy atom. The van der Waals surface area contributed by atoms with Crippen LogP contribution in [0.4, 0.5) is 5.82 Å². The number of nitrogens with two attached hydrogens (primary N) is 1. The van der Waals surface area contributed by atoms with Crippen molar-refractivity contribution in [2.24, 2.45) is 5.73 Å². The van der Waals surface area contributed by atoms with Gasteiger partial charge in [-0.2, -0.15) is 11.3 Å². The van der Waals surface area contributed by atoms with Gasteiger partial charge in [0.1, 0.15) is 11.7 Å². The molecule has 0 saturated heterocycles. The molecule has 0 atom stereocenters. The highest BCUT2D eigenvalue weighted by Crippen LogP contribution is 2.14. The predicted molar refractivity (Wildman–Crippen MR) is 71.7 cm³/mol. The van der Waals surface area contributed by atoms with Crippen molar-refractivity contribution in [3.05, 3.63) is 46.3 Å². The van der Waals surface area contributed by atoms with Crippen LogP contribution in [0.2, 0.25) is 0 Å². The molecule has 5 heteroatoms. The number of aromatic nitrogens is 1. The Morgan fingerprint density at radius 2 is 2.29 bits per heavy atom. The van der Waals surface area contributed by atoms with E-state index in [-0.39, 0.29) is 5.84 Å². The van der Waals surface area contributed by atoms with Crippen LogP contribution in [0.5, 0.6) is 0 Å². The number of pyridine rings is 1. The van der Waals surface area contributed by atoms with E-state index in [0.29, 0.717) is 5.56 Å². The third kappa shape index (κ3) is 2.82. The lowest BCUT2D eigenvalue weighted by molar-refractivity contribution is 0.901. The third-order valence-corrected chi connectivity index (χ3v) is 3.18. The van der Waals surface area contributed by atoms with E-state index < -0.39 is 0 Å². The summed E-state index contributed by atoms with van der Waals surface area (Å²) in [5.74, 6) is 0.922. The molecule has 0 aliphatic carbocycles. The molecule has 0 radical (unpaired) electrons. The minimum atomic E-state index is 0.0459. The van der Waals surface area contributed by atoms with Gasteiger partial charge in [-0.25, -0.2) is 4.98 Å². The molecule has 0 fully saturated rings. The highest BCUT2D eigenvalue weighted by Gasteiger charge is 2.04. The van der Waals surface area contributed by atoms with Gasteiger partial charge in [0.2, 0.25) is 0 Å². The second kappa shape index (κ2) is 4.97. The molecular weight excluding hydrogens is 232 g/mol. The molecule has 17 heavy (non-hydrogen) atoms. The molecule has 88 valence electrons. The van der Waals surface area contributed by atoms with Crippen LogP contribution < -0.4 is 10.6 Å². The summed E-state index contributed by atoms with van der Waals surface area (Å²) in [6, 6.07) is 5.79. The summed E-state index contributed by atoms with van der Waals surface area (Å²) in [4.78, 5) is 6.35. The molecule has 0 aromatic carbocycles. The Labute approximate surface area is 104 Å². The van der Waals surface area contributed by atoms with Crippen LogP contribution in [-0.2, 0) is 6.54 Å². The molecule has 2 aromatic heterocycles. The van der Waals surface area contributed by atoms with Gasteiger partial charge >= 0.3 is 0 Å². The van der Waals surface area contributed by atoms with Crippen molar-refractivity contribution in [2.75, 3.05) is 11.9 Å². The van der Waals surface area contributed by atoms with E-state index in [9.17, 15) is 0 Å². The zero-order valence-corrected chi connectivity index (χ0v) is 10.4. The lowest BCUT2D eigenvalue weighted by Gasteiger charge is -2.17. The average molecular weight is 246 g/mol. The van der Waals surface area contributed by atoms with E-state index in [2.05, 4.69) is 26.7 Å². The van der Waals surface area contributed by atoms with Crippen LogP contribution in [-0.4, -0.2) is 17.9 Å². The van der Waals surface area contributed by atoms with E-state index in [1.807, 2.05) is 19.2 Å². The summed E-state index contributed by atoms with van der Waals surface area (Å²) in [5.41, 5.74) is 7.30. The standard InChI is InChI=1S/C12H14N4S/c1-16(7-9-4-5-17-8-9)11-3-2-10(6-15-11)12(13)14/h2-6,8H,7H2,1H3,(H3,13,14). The van der Waals surface area contributed by atoms with Crippen LogP contribution in [0.25, 0.3) is 0 Å². The number of nitrogens with zero attached hydrogens (tertiary/aromatic N) is 2. The van der Waals surface area contributed by atoms with E-state index in [1.54, 1.807) is 17.5 Å². The van der Waals surface area contributed by atoms with Crippen LogP contribution in [0.3, 0.4) is 0 Å². The second-order valence-electron chi connectivity index (χ2n) is 3.81. The maximum Gasteiger partial charge on any atom is 0.128 e. The van der Waals surface area contributed by atoms with E-state index in [1.165, 1.54) is 5.56 Å². The zero-order valence-electron chi connectivity index (χ0n) is 9.55. The molecule has 2 aromatic rings. The largest absolute Gasteiger partial charge is 0.384 e. The molecule has 4 nitrogen and oxygen atoms in total. The smallest absolute Gasteiger partial charge is 0.128 e. The maximum atomic E-state index is 7.30. The van der Waals surface area contributed by atoms with Gasteiger partial charge in [-0.05, 0) is 34.5 Å². The molecule has 0 aliphatic rings. The van der Waals surface area contributed by atoms with Gasteiger partial charge in [0.05, 0.1) is 0 Å². The number of nitrogens with one attached hydrogen (secondary N) is 1. The van der Waals surface area contributed by atoms with Crippen molar-refractivity contribution in [2.45, 2.75) is 6.54 Å². The normalized spacial score (nSPS) is 10.2. The maximum absolute atomic E-state index is 7.30. The van der Waals surface area contributed by atoms with Crippen molar-refractivity contribution >= 4 is 23.0 Å². The lowest BCUT2D eigenvalue weighted by atomic mass is 10.2. The minimum absolute atomic E-state index is 0.0459.